The summed E-state index contributed by atoms with van der Waals surface area (Å²) < 4.78 is 11.0. The van der Waals surface area contributed by atoms with E-state index in [0.29, 0.717) is 5.75 Å². The molecular formula is C13H16N2OS. The van der Waals surface area contributed by atoms with Crippen LogP contribution in [0.1, 0.15) is 5.69 Å². The third-order valence-electron chi connectivity index (χ3n) is 2.55. The zero-order chi connectivity index (χ0) is 12.3. The summed E-state index contributed by atoms with van der Waals surface area (Å²) in [5, 5.41) is 4.44. The Kier molecular flexibility index (Phi) is 3.74. The molecule has 0 amide bonds. The Balaban J connectivity index is 2.29. The Morgan fingerprint density at radius 1 is 1.35 bits per heavy atom. The molecule has 2 rings (SSSR count). The fourth-order valence-corrected chi connectivity index (χ4v) is 2.17. The Hall–Kier alpha value is -1.42. The molecule has 3 nitrogen and oxygen atoms in total. The second-order valence-electron chi connectivity index (χ2n) is 4.03. The lowest BCUT2D eigenvalue weighted by Crippen LogP contribution is -2.10. The van der Waals surface area contributed by atoms with E-state index < -0.39 is 10.8 Å². The molecule has 1 N–H and O–H groups in total. The molecule has 0 aliphatic rings. The molecule has 1 aromatic heterocycles. The summed E-state index contributed by atoms with van der Waals surface area (Å²) in [4.78, 5) is 4.48. The molecule has 0 aliphatic heterocycles. The average molecular weight is 248 g/mol. The van der Waals surface area contributed by atoms with E-state index in [1.165, 1.54) is 0 Å². The molecule has 1 atom stereocenters. The lowest BCUT2D eigenvalue weighted by Gasteiger charge is -2.09. The molecule has 1 heterocycles. The van der Waals surface area contributed by atoms with Gasteiger partial charge in [-0.2, -0.15) is 0 Å². The first-order valence-electron chi connectivity index (χ1n) is 5.57. The van der Waals surface area contributed by atoms with Crippen LogP contribution in [0.2, 0.25) is 0 Å². The molecule has 17 heavy (non-hydrogen) atoms. The van der Waals surface area contributed by atoms with Crippen LogP contribution < -0.4 is 5.32 Å². The largest absolute Gasteiger partial charge is 0.384 e. The van der Waals surface area contributed by atoms with Crippen molar-refractivity contribution in [1.82, 2.24) is 4.98 Å². The monoisotopic (exact) mass is 248 g/mol. The van der Waals surface area contributed by atoms with Gasteiger partial charge in [-0.1, -0.05) is 18.2 Å². The number of anilines is 1. The Morgan fingerprint density at radius 3 is 2.88 bits per heavy atom. The zero-order valence-corrected chi connectivity index (χ0v) is 10.9. The van der Waals surface area contributed by atoms with Crippen LogP contribution >= 0.6 is 0 Å². The normalized spacial score (nSPS) is 12.6. The van der Waals surface area contributed by atoms with E-state index in [1.807, 2.05) is 37.3 Å². The van der Waals surface area contributed by atoms with Gasteiger partial charge in [0.15, 0.2) is 0 Å². The van der Waals surface area contributed by atoms with Crippen LogP contribution in [0, 0.1) is 6.92 Å². The molecule has 1 aromatic carbocycles. The highest BCUT2D eigenvalue weighted by Crippen LogP contribution is 2.22. The van der Waals surface area contributed by atoms with Crippen LogP contribution in [0.15, 0.2) is 30.3 Å². The molecule has 0 spiro atoms. The van der Waals surface area contributed by atoms with E-state index in [-0.39, 0.29) is 0 Å². The molecule has 1 unspecified atom stereocenters. The first-order valence-corrected chi connectivity index (χ1v) is 7.30. The van der Waals surface area contributed by atoms with Crippen LogP contribution in [0.5, 0.6) is 0 Å². The number of hydrogen-bond acceptors (Lipinski definition) is 3. The summed E-state index contributed by atoms with van der Waals surface area (Å²) in [7, 11) is -0.756. The summed E-state index contributed by atoms with van der Waals surface area (Å²) in [6.07, 6.45) is 1.72. The fourth-order valence-electron chi connectivity index (χ4n) is 1.78. The van der Waals surface area contributed by atoms with E-state index >= 15 is 0 Å². The van der Waals surface area contributed by atoms with Crippen LogP contribution in [0.25, 0.3) is 10.9 Å². The minimum Gasteiger partial charge on any atom is -0.384 e. The highest BCUT2D eigenvalue weighted by molar-refractivity contribution is 7.84. The van der Waals surface area contributed by atoms with Gasteiger partial charge in [0.05, 0.1) is 5.52 Å². The Bertz CT molecular complexity index is 554. The van der Waals surface area contributed by atoms with Crippen molar-refractivity contribution in [2.45, 2.75) is 6.92 Å². The van der Waals surface area contributed by atoms with Crippen molar-refractivity contribution in [2.24, 2.45) is 0 Å². The lowest BCUT2D eigenvalue weighted by atomic mass is 10.1. The van der Waals surface area contributed by atoms with E-state index in [9.17, 15) is 4.21 Å². The van der Waals surface area contributed by atoms with E-state index in [0.717, 1.165) is 28.8 Å². The predicted octanol–water partition coefficient (Wildman–Crippen LogP) is 2.33. The van der Waals surface area contributed by atoms with Gasteiger partial charge in [0.2, 0.25) is 0 Å². The molecule has 90 valence electrons. The van der Waals surface area contributed by atoms with Crippen molar-refractivity contribution < 1.29 is 4.21 Å². The smallest absolute Gasteiger partial charge is 0.0725 e. The number of aryl methyl sites for hydroxylation is 1. The van der Waals surface area contributed by atoms with Crippen molar-refractivity contribution in [1.29, 1.82) is 0 Å². The maximum atomic E-state index is 11.0. The number of benzene rings is 1. The van der Waals surface area contributed by atoms with Crippen molar-refractivity contribution in [2.75, 3.05) is 23.9 Å². The fraction of sp³-hybridized carbons (Fsp3) is 0.308. The standard InChI is InChI=1S/C13H16N2OS/c1-10-9-13(14-7-8-17(2)16)11-5-3-4-6-12(11)15-10/h3-6,9H,7-8H2,1-2H3,(H,14,15). The van der Waals surface area contributed by atoms with Gasteiger partial charge >= 0.3 is 0 Å². The number of para-hydroxylation sites is 1. The number of nitrogens with zero attached hydrogens (tertiary/aromatic N) is 1. The number of nitrogens with one attached hydrogen (secondary N) is 1. The number of fused-ring (bicyclic) bond motifs is 1. The van der Waals surface area contributed by atoms with Crippen LogP contribution in [0.3, 0.4) is 0 Å². The van der Waals surface area contributed by atoms with Crippen molar-refractivity contribution >= 4 is 27.4 Å². The van der Waals surface area contributed by atoms with E-state index in [4.69, 9.17) is 0 Å². The number of hydrogen-bond donors (Lipinski definition) is 1. The highest BCUT2D eigenvalue weighted by atomic mass is 32.2. The van der Waals surface area contributed by atoms with Gasteiger partial charge < -0.3 is 5.32 Å². The average Bonchev–Trinajstić information content (AvgIpc) is 2.28. The quantitative estimate of drug-likeness (QED) is 0.903. The summed E-state index contributed by atoms with van der Waals surface area (Å²) in [5.74, 6) is 0.662. The van der Waals surface area contributed by atoms with Gasteiger partial charge in [-0.3, -0.25) is 9.19 Å². The first kappa shape index (κ1) is 12.0. The van der Waals surface area contributed by atoms with Crippen LogP contribution in [0.4, 0.5) is 5.69 Å². The molecule has 0 fully saturated rings. The van der Waals surface area contributed by atoms with Gasteiger partial charge in [0.25, 0.3) is 0 Å². The van der Waals surface area contributed by atoms with Gasteiger partial charge in [0.1, 0.15) is 0 Å². The Morgan fingerprint density at radius 2 is 2.12 bits per heavy atom. The SMILES string of the molecule is Cc1cc(NCCS(C)=O)c2ccccc2n1. The van der Waals surface area contributed by atoms with Crippen molar-refractivity contribution in [3.63, 3.8) is 0 Å². The topological polar surface area (TPSA) is 42.0 Å². The third kappa shape index (κ3) is 3.03. The minimum atomic E-state index is -0.756. The van der Waals surface area contributed by atoms with E-state index in [2.05, 4.69) is 10.3 Å². The summed E-state index contributed by atoms with van der Waals surface area (Å²) >= 11 is 0. The van der Waals surface area contributed by atoms with Gasteiger partial charge in [-0.15, -0.1) is 0 Å². The third-order valence-corrected chi connectivity index (χ3v) is 3.33. The summed E-state index contributed by atoms with van der Waals surface area (Å²) in [6, 6.07) is 10.1. The summed E-state index contributed by atoms with van der Waals surface area (Å²) in [5.41, 5.74) is 3.05. The molecule has 0 saturated carbocycles. The van der Waals surface area contributed by atoms with E-state index in [1.54, 1.807) is 6.26 Å². The number of aromatic nitrogens is 1. The van der Waals surface area contributed by atoms with Gasteiger partial charge in [-0.05, 0) is 19.1 Å². The maximum Gasteiger partial charge on any atom is 0.0725 e. The predicted molar refractivity (Wildman–Crippen MR) is 73.9 cm³/mol. The first-order chi connectivity index (χ1) is 8.16. The molecule has 0 radical (unpaired) electrons. The molecular weight excluding hydrogens is 232 g/mol. The molecule has 4 heteroatoms. The number of pyridine rings is 1. The van der Waals surface area contributed by atoms with Crippen molar-refractivity contribution in [3.05, 3.63) is 36.0 Å². The maximum absolute atomic E-state index is 11.0. The second kappa shape index (κ2) is 5.27. The molecule has 0 bridgehead atoms. The molecule has 2 aromatic rings. The number of rotatable bonds is 4. The Labute approximate surface area is 104 Å². The van der Waals surface area contributed by atoms with Gasteiger partial charge in [-0.25, -0.2) is 0 Å². The van der Waals surface area contributed by atoms with Crippen molar-refractivity contribution in [3.8, 4) is 0 Å². The molecule has 0 aliphatic carbocycles. The van der Waals surface area contributed by atoms with Crippen LogP contribution in [-0.2, 0) is 10.8 Å². The minimum absolute atomic E-state index is 0.662. The summed E-state index contributed by atoms with van der Waals surface area (Å²) in [6.45, 7) is 2.70. The lowest BCUT2D eigenvalue weighted by molar-refractivity contribution is 0.687. The second-order valence-corrected chi connectivity index (χ2v) is 5.59. The van der Waals surface area contributed by atoms with Crippen LogP contribution in [-0.4, -0.2) is 27.7 Å². The zero-order valence-electron chi connectivity index (χ0n) is 10.1. The molecule has 0 saturated heterocycles. The van der Waals surface area contributed by atoms with Gasteiger partial charge in [0, 0.05) is 46.1 Å². The highest BCUT2D eigenvalue weighted by Gasteiger charge is 2.02.